The minimum absolute atomic E-state index is 0.189. The van der Waals surface area contributed by atoms with Crippen LogP contribution in [0.1, 0.15) is 17.0 Å². The number of hydrogen-bond acceptors (Lipinski definition) is 4. The Hall–Kier alpha value is -1.70. The van der Waals surface area contributed by atoms with Crippen molar-refractivity contribution in [3.05, 3.63) is 47.5 Å². The van der Waals surface area contributed by atoms with Gasteiger partial charge in [0.25, 0.3) is 0 Å². The topological polar surface area (TPSA) is 75.4 Å². The molecule has 1 N–H and O–H groups in total. The minimum atomic E-state index is -3.63. The zero-order chi connectivity index (χ0) is 15.6. The van der Waals surface area contributed by atoms with Gasteiger partial charge in [-0.1, -0.05) is 12.1 Å². The smallest absolute Gasteiger partial charge is 0.243 e. The highest BCUT2D eigenvalue weighted by Gasteiger charge is 2.24. The van der Waals surface area contributed by atoms with E-state index in [4.69, 9.17) is 0 Å². The summed E-state index contributed by atoms with van der Waals surface area (Å²) in [5.41, 5.74) is 1.23. The van der Waals surface area contributed by atoms with Gasteiger partial charge in [-0.15, -0.1) is 0 Å². The number of hydrogen-bond donors (Lipinski definition) is 1. The predicted molar refractivity (Wildman–Crippen MR) is 79.0 cm³/mol. The van der Waals surface area contributed by atoms with Crippen molar-refractivity contribution in [2.45, 2.75) is 25.0 Å². The Morgan fingerprint density at radius 1 is 1.38 bits per heavy atom. The Bertz CT molecular complexity index is 738. The minimum Gasteiger partial charge on any atom is -0.392 e. The van der Waals surface area contributed by atoms with Gasteiger partial charge >= 0.3 is 0 Å². The van der Waals surface area contributed by atoms with Gasteiger partial charge in [-0.05, 0) is 24.1 Å². The quantitative estimate of drug-likeness (QED) is 0.895. The molecule has 6 nitrogen and oxygen atoms in total. The summed E-state index contributed by atoms with van der Waals surface area (Å²) in [6.45, 7) is 1.74. The van der Waals surface area contributed by atoms with Crippen LogP contribution in [0.2, 0.25) is 0 Å². The zero-order valence-corrected chi connectivity index (χ0v) is 13.1. The van der Waals surface area contributed by atoms with Crippen molar-refractivity contribution in [1.29, 1.82) is 0 Å². The normalized spacial score (nSPS) is 12.0. The monoisotopic (exact) mass is 309 g/mol. The highest BCUT2D eigenvalue weighted by Crippen LogP contribution is 2.21. The molecule has 1 heterocycles. The van der Waals surface area contributed by atoms with Gasteiger partial charge in [0.05, 0.1) is 18.0 Å². The predicted octanol–water partition coefficient (Wildman–Crippen LogP) is 1.04. The number of nitrogens with zero attached hydrogens (tertiary/aromatic N) is 3. The first-order valence-corrected chi connectivity index (χ1v) is 7.93. The maximum Gasteiger partial charge on any atom is 0.243 e. The lowest BCUT2D eigenvalue weighted by Gasteiger charge is -2.18. The Labute approximate surface area is 124 Å². The highest BCUT2D eigenvalue weighted by molar-refractivity contribution is 7.89. The van der Waals surface area contributed by atoms with Gasteiger partial charge in [0.1, 0.15) is 5.82 Å². The molecule has 0 saturated heterocycles. The van der Waals surface area contributed by atoms with Crippen molar-refractivity contribution in [2.75, 3.05) is 7.05 Å². The summed E-state index contributed by atoms with van der Waals surface area (Å²) in [5, 5.41) is 9.18. The van der Waals surface area contributed by atoms with E-state index in [1.165, 1.54) is 17.4 Å². The lowest BCUT2D eigenvalue weighted by molar-refractivity contribution is 0.281. The van der Waals surface area contributed by atoms with Crippen LogP contribution in [-0.2, 0) is 30.2 Å². The lowest BCUT2D eigenvalue weighted by atomic mass is 10.2. The molecule has 0 bridgehead atoms. The largest absolute Gasteiger partial charge is 0.392 e. The van der Waals surface area contributed by atoms with Crippen LogP contribution < -0.4 is 0 Å². The number of aliphatic hydroxyl groups excluding tert-OH is 1. The summed E-state index contributed by atoms with van der Waals surface area (Å²) in [4.78, 5) is 4.35. The summed E-state index contributed by atoms with van der Waals surface area (Å²) in [5.74, 6) is 0.664. The van der Waals surface area contributed by atoms with Crippen LogP contribution in [0.5, 0.6) is 0 Å². The average Bonchev–Trinajstić information content (AvgIpc) is 2.84. The number of aliphatic hydroxyl groups is 1. The second-order valence-corrected chi connectivity index (χ2v) is 6.99. The van der Waals surface area contributed by atoms with E-state index >= 15 is 0 Å². The molecule has 0 aliphatic heterocycles. The van der Waals surface area contributed by atoms with E-state index < -0.39 is 10.0 Å². The van der Waals surface area contributed by atoms with Gasteiger partial charge in [-0.25, -0.2) is 13.4 Å². The molecular weight excluding hydrogens is 290 g/mol. The Balaban J connectivity index is 2.35. The fourth-order valence-corrected chi connectivity index (χ4v) is 3.42. The van der Waals surface area contributed by atoms with Gasteiger partial charge in [0.2, 0.25) is 10.0 Å². The van der Waals surface area contributed by atoms with Crippen molar-refractivity contribution >= 4 is 10.0 Å². The third-order valence-corrected chi connectivity index (χ3v) is 5.35. The SMILES string of the molecule is Cc1ccc(CO)cc1S(=O)(=O)N(C)Cc1nccn1C. The second kappa shape index (κ2) is 5.97. The van der Waals surface area contributed by atoms with Crippen LogP contribution in [0.4, 0.5) is 0 Å². The molecule has 0 aliphatic rings. The molecule has 2 rings (SSSR count). The molecule has 0 fully saturated rings. The van der Waals surface area contributed by atoms with Crippen LogP contribution >= 0.6 is 0 Å². The van der Waals surface area contributed by atoms with Crippen LogP contribution in [0.25, 0.3) is 0 Å². The number of sulfonamides is 1. The first-order chi connectivity index (χ1) is 9.86. The van der Waals surface area contributed by atoms with Gasteiger partial charge in [-0.2, -0.15) is 4.31 Å². The number of rotatable bonds is 5. The third-order valence-electron chi connectivity index (χ3n) is 3.41. The van der Waals surface area contributed by atoms with Crippen molar-refractivity contribution in [3.8, 4) is 0 Å². The second-order valence-electron chi connectivity index (χ2n) is 4.97. The van der Waals surface area contributed by atoms with E-state index in [1.807, 2.05) is 7.05 Å². The summed E-state index contributed by atoms with van der Waals surface area (Å²) in [6.07, 6.45) is 3.40. The average molecular weight is 309 g/mol. The summed E-state index contributed by atoms with van der Waals surface area (Å²) < 4.78 is 28.4. The van der Waals surface area contributed by atoms with Crippen molar-refractivity contribution in [3.63, 3.8) is 0 Å². The summed E-state index contributed by atoms with van der Waals surface area (Å²) in [6, 6.07) is 4.93. The molecule has 7 heteroatoms. The van der Waals surface area contributed by atoms with Crippen LogP contribution in [0.3, 0.4) is 0 Å². The Morgan fingerprint density at radius 2 is 2.10 bits per heavy atom. The first kappa shape index (κ1) is 15.7. The van der Waals surface area contributed by atoms with E-state index in [-0.39, 0.29) is 18.0 Å². The van der Waals surface area contributed by atoms with E-state index in [0.29, 0.717) is 17.0 Å². The fourth-order valence-electron chi connectivity index (χ4n) is 2.02. The number of aryl methyl sites for hydroxylation is 2. The lowest BCUT2D eigenvalue weighted by Crippen LogP contribution is -2.28. The summed E-state index contributed by atoms with van der Waals surface area (Å²) in [7, 11) is -0.283. The van der Waals surface area contributed by atoms with E-state index in [9.17, 15) is 13.5 Å². The number of imidazole rings is 1. The fraction of sp³-hybridized carbons (Fsp3) is 0.357. The highest BCUT2D eigenvalue weighted by atomic mass is 32.2. The molecule has 0 unspecified atom stereocenters. The van der Waals surface area contributed by atoms with Crippen molar-refractivity contribution in [1.82, 2.24) is 13.9 Å². The Morgan fingerprint density at radius 3 is 2.67 bits per heavy atom. The summed E-state index contributed by atoms with van der Waals surface area (Å²) >= 11 is 0. The molecule has 1 aromatic heterocycles. The van der Waals surface area contributed by atoms with E-state index in [1.54, 1.807) is 36.0 Å². The van der Waals surface area contributed by atoms with Gasteiger partial charge in [-0.3, -0.25) is 0 Å². The molecule has 0 amide bonds. The molecular formula is C14H19N3O3S. The zero-order valence-electron chi connectivity index (χ0n) is 12.3. The molecule has 1 aromatic carbocycles. The molecule has 21 heavy (non-hydrogen) atoms. The van der Waals surface area contributed by atoms with Crippen molar-refractivity contribution < 1.29 is 13.5 Å². The van der Waals surface area contributed by atoms with Gasteiger partial charge < -0.3 is 9.67 Å². The maximum atomic E-state index is 12.7. The standard InChI is InChI=1S/C14H19N3O3S/c1-11-4-5-12(10-18)8-13(11)21(19,20)17(3)9-14-15-6-7-16(14)2/h4-8,18H,9-10H2,1-3H3. The number of aromatic nitrogens is 2. The maximum absolute atomic E-state index is 12.7. The van der Waals surface area contributed by atoms with Gasteiger partial charge in [0, 0.05) is 26.5 Å². The van der Waals surface area contributed by atoms with Crippen LogP contribution in [0.15, 0.2) is 35.5 Å². The number of benzene rings is 1. The molecule has 2 aromatic rings. The first-order valence-electron chi connectivity index (χ1n) is 6.49. The third kappa shape index (κ3) is 3.15. The van der Waals surface area contributed by atoms with Crippen molar-refractivity contribution in [2.24, 2.45) is 7.05 Å². The van der Waals surface area contributed by atoms with Gasteiger partial charge in [0.15, 0.2) is 0 Å². The molecule has 114 valence electrons. The molecule has 0 radical (unpaired) electrons. The molecule has 0 aliphatic carbocycles. The molecule has 0 atom stereocenters. The van der Waals surface area contributed by atoms with Crippen LogP contribution in [-0.4, -0.2) is 34.4 Å². The van der Waals surface area contributed by atoms with E-state index in [0.717, 1.165) is 0 Å². The Kier molecular flexibility index (Phi) is 4.46. The molecule has 0 spiro atoms. The molecule has 0 saturated carbocycles. The van der Waals surface area contributed by atoms with Crippen LogP contribution in [0, 0.1) is 6.92 Å². The van der Waals surface area contributed by atoms with E-state index in [2.05, 4.69) is 4.98 Å².